The SMILES string of the molecule is N#Cc1c(N)sc2c1CCN(C(=O)c1cccc(Cl)c1)C2. The van der Waals surface area contributed by atoms with Gasteiger partial charge in [0.25, 0.3) is 5.91 Å². The fraction of sp³-hybridized carbons (Fsp3) is 0.200. The number of fused-ring (bicyclic) bond motifs is 1. The first-order valence-electron chi connectivity index (χ1n) is 6.45. The van der Waals surface area contributed by atoms with Gasteiger partial charge in [-0.2, -0.15) is 5.26 Å². The first-order chi connectivity index (χ1) is 10.1. The third-order valence-electron chi connectivity index (χ3n) is 3.55. The summed E-state index contributed by atoms with van der Waals surface area (Å²) in [5.74, 6) is -0.0476. The van der Waals surface area contributed by atoms with Crippen molar-refractivity contribution in [3.63, 3.8) is 0 Å². The molecule has 106 valence electrons. The molecule has 2 heterocycles. The van der Waals surface area contributed by atoms with E-state index in [9.17, 15) is 4.79 Å². The third kappa shape index (κ3) is 2.48. The van der Waals surface area contributed by atoms with Crippen LogP contribution in [0.1, 0.15) is 26.4 Å². The Balaban J connectivity index is 1.87. The fourth-order valence-corrected chi connectivity index (χ4v) is 3.80. The maximum atomic E-state index is 12.5. The molecule has 0 bridgehead atoms. The number of nitrogens with two attached hydrogens (primary N) is 1. The summed E-state index contributed by atoms with van der Waals surface area (Å²) in [5, 5.41) is 10.2. The third-order valence-corrected chi connectivity index (χ3v) is 4.84. The van der Waals surface area contributed by atoms with E-state index in [1.165, 1.54) is 11.3 Å². The first-order valence-corrected chi connectivity index (χ1v) is 7.64. The Labute approximate surface area is 131 Å². The van der Waals surface area contributed by atoms with Crippen molar-refractivity contribution >= 4 is 33.8 Å². The van der Waals surface area contributed by atoms with Crippen LogP contribution in [-0.2, 0) is 13.0 Å². The lowest BCUT2D eigenvalue weighted by Crippen LogP contribution is -2.35. The summed E-state index contributed by atoms with van der Waals surface area (Å²) >= 11 is 7.33. The molecular formula is C15H12ClN3OS. The van der Waals surface area contributed by atoms with E-state index in [0.29, 0.717) is 40.7 Å². The molecule has 1 aliphatic rings. The maximum absolute atomic E-state index is 12.5. The second-order valence-electron chi connectivity index (χ2n) is 4.84. The predicted octanol–water partition coefficient (Wildman–Crippen LogP) is 3.05. The molecule has 0 fully saturated rings. The Kier molecular flexibility index (Phi) is 3.58. The van der Waals surface area contributed by atoms with Crippen molar-refractivity contribution in [2.24, 2.45) is 0 Å². The highest BCUT2D eigenvalue weighted by Gasteiger charge is 2.26. The molecule has 0 saturated heterocycles. The molecule has 0 spiro atoms. The zero-order chi connectivity index (χ0) is 15.0. The minimum Gasteiger partial charge on any atom is -0.389 e. The van der Waals surface area contributed by atoms with Gasteiger partial charge in [-0.25, -0.2) is 0 Å². The predicted molar refractivity (Wildman–Crippen MR) is 83.3 cm³/mol. The van der Waals surface area contributed by atoms with E-state index in [-0.39, 0.29) is 5.91 Å². The molecule has 1 aromatic heterocycles. The van der Waals surface area contributed by atoms with E-state index in [1.807, 2.05) is 0 Å². The topological polar surface area (TPSA) is 70.1 Å². The molecule has 2 N–H and O–H groups in total. The number of amides is 1. The lowest BCUT2D eigenvalue weighted by Gasteiger charge is -2.27. The molecule has 3 rings (SSSR count). The summed E-state index contributed by atoms with van der Waals surface area (Å²) in [6, 6.07) is 9.09. The average molecular weight is 318 g/mol. The number of nitrogens with zero attached hydrogens (tertiary/aromatic N) is 2. The van der Waals surface area contributed by atoms with Crippen LogP contribution in [0.3, 0.4) is 0 Å². The van der Waals surface area contributed by atoms with Gasteiger partial charge < -0.3 is 10.6 Å². The van der Waals surface area contributed by atoms with E-state index in [0.717, 1.165) is 10.4 Å². The van der Waals surface area contributed by atoms with Gasteiger partial charge in [-0.3, -0.25) is 4.79 Å². The van der Waals surface area contributed by atoms with Crippen LogP contribution in [0.4, 0.5) is 5.00 Å². The molecule has 0 unspecified atom stereocenters. The van der Waals surface area contributed by atoms with Crippen LogP contribution in [-0.4, -0.2) is 17.4 Å². The Morgan fingerprint density at radius 1 is 1.48 bits per heavy atom. The number of carbonyl (C=O) groups excluding carboxylic acids is 1. The van der Waals surface area contributed by atoms with Gasteiger partial charge in [0.2, 0.25) is 0 Å². The largest absolute Gasteiger partial charge is 0.389 e. The Morgan fingerprint density at radius 2 is 2.29 bits per heavy atom. The Morgan fingerprint density at radius 3 is 3.00 bits per heavy atom. The minimum atomic E-state index is -0.0476. The smallest absolute Gasteiger partial charge is 0.254 e. The summed E-state index contributed by atoms with van der Waals surface area (Å²) in [4.78, 5) is 15.3. The van der Waals surface area contributed by atoms with Crippen molar-refractivity contribution in [1.29, 1.82) is 5.26 Å². The van der Waals surface area contributed by atoms with Gasteiger partial charge in [0.15, 0.2) is 0 Å². The molecule has 2 aromatic rings. The molecule has 1 aliphatic heterocycles. The van der Waals surface area contributed by atoms with E-state index in [2.05, 4.69) is 6.07 Å². The van der Waals surface area contributed by atoms with Crippen molar-refractivity contribution in [1.82, 2.24) is 4.90 Å². The van der Waals surface area contributed by atoms with Crippen LogP contribution in [0.25, 0.3) is 0 Å². The molecule has 0 radical (unpaired) electrons. The number of nitrogen functional groups attached to an aromatic ring is 1. The number of anilines is 1. The van der Waals surface area contributed by atoms with E-state index in [4.69, 9.17) is 22.6 Å². The van der Waals surface area contributed by atoms with Crippen molar-refractivity contribution in [2.75, 3.05) is 12.3 Å². The minimum absolute atomic E-state index is 0.0476. The number of benzene rings is 1. The number of thiophene rings is 1. The van der Waals surface area contributed by atoms with Crippen LogP contribution in [0.15, 0.2) is 24.3 Å². The Hall–Kier alpha value is -2.03. The van der Waals surface area contributed by atoms with Gasteiger partial charge in [0.05, 0.1) is 12.1 Å². The van der Waals surface area contributed by atoms with Crippen LogP contribution in [0, 0.1) is 11.3 Å². The summed E-state index contributed by atoms with van der Waals surface area (Å²) in [7, 11) is 0. The van der Waals surface area contributed by atoms with Crippen molar-refractivity contribution in [3.8, 4) is 6.07 Å². The van der Waals surface area contributed by atoms with Crippen LogP contribution in [0.2, 0.25) is 5.02 Å². The van der Waals surface area contributed by atoms with Gasteiger partial charge in [0, 0.05) is 22.0 Å². The van der Waals surface area contributed by atoms with Crippen molar-refractivity contribution in [3.05, 3.63) is 50.9 Å². The second-order valence-corrected chi connectivity index (χ2v) is 6.42. The number of hydrogen-bond acceptors (Lipinski definition) is 4. The van der Waals surface area contributed by atoms with Gasteiger partial charge in [-0.1, -0.05) is 17.7 Å². The molecule has 0 atom stereocenters. The van der Waals surface area contributed by atoms with Crippen molar-refractivity contribution in [2.45, 2.75) is 13.0 Å². The Bertz CT molecular complexity index is 763. The fourth-order valence-electron chi connectivity index (χ4n) is 2.52. The standard InChI is InChI=1S/C15H12ClN3OS/c16-10-3-1-2-9(6-10)15(20)19-5-4-11-12(7-17)14(18)21-13(11)8-19/h1-3,6H,4-5,8,18H2. The number of carbonyl (C=O) groups is 1. The molecule has 0 saturated carbocycles. The summed E-state index contributed by atoms with van der Waals surface area (Å²) in [6.45, 7) is 1.08. The number of nitriles is 1. The molecule has 0 aliphatic carbocycles. The molecule has 4 nitrogen and oxygen atoms in total. The number of hydrogen-bond donors (Lipinski definition) is 1. The van der Waals surface area contributed by atoms with Gasteiger partial charge in [0.1, 0.15) is 11.1 Å². The number of rotatable bonds is 1. The maximum Gasteiger partial charge on any atom is 0.254 e. The highest BCUT2D eigenvalue weighted by Crippen LogP contribution is 2.34. The van der Waals surface area contributed by atoms with E-state index >= 15 is 0 Å². The van der Waals surface area contributed by atoms with Crippen LogP contribution >= 0.6 is 22.9 Å². The second kappa shape index (κ2) is 5.40. The summed E-state index contributed by atoms with van der Waals surface area (Å²) in [5.41, 5.74) is 8.01. The lowest BCUT2D eigenvalue weighted by molar-refractivity contribution is 0.0737. The quantitative estimate of drug-likeness (QED) is 0.878. The lowest BCUT2D eigenvalue weighted by atomic mass is 10.0. The van der Waals surface area contributed by atoms with Gasteiger partial charge >= 0.3 is 0 Å². The summed E-state index contributed by atoms with van der Waals surface area (Å²) in [6.07, 6.45) is 0.665. The van der Waals surface area contributed by atoms with E-state index in [1.54, 1.807) is 29.2 Å². The van der Waals surface area contributed by atoms with Crippen LogP contribution < -0.4 is 5.73 Å². The normalized spacial score (nSPS) is 13.6. The molecule has 1 amide bonds. The molecule has 1 aromatic carbocycles. The zero-order valence-corrected chi connectivity index (χ0v) is 12.7. The van der Waals surface area contributed by atoms with Gasteiger partial charge in [-0.05, 0) is 30.2 Å². The molecular weight excluding hydrogens is 306 g/mol. The first kappa shape index (κ1) is 13.9. The van der Waals surface area contributed by atoms with Crippen LogP contribution in [0.5, 0.6) is 0 Å². The summed E-state index contributed by atoms with van der Waals surface area (Å²) < 4.78 is 0. The molecule has 21 heavy (non-hydrogen) atoms. The highest BCUT2D eigenvalue weighted by molar-refractivity contribution is 7.16. The van der Waals surface area contributed by atoms with E-state index < -0.39 is 0 Å². The van der Waals surface area contributed by atoms with Gasteiger partial charge in [-0.15, -0.1) is 11.3 Å². The monoisotopic (exact) mass is 317 g/mol. The van der Waals surface area contributed by atoms with Crippen molar-refractivity contribution < 1.29 is 4.79 Å². The highest BCUT2D eigenvalue weighted by atomic mass is 35.5. The number of halogens is 1. The zero-order valence-electron chi connectivity index (χ0n) is 11.1. The average Bonchev–Trinajstić information content (AvgIpc) is 2.80. The molecule has 6 heteroatoms.